The number of aromatic nitrogens is 3. The molecule has 0 fully saturated rings. The van der Waals surface area contributed by atoms with Crippen molar-refractivity contribution in [1.29, 1.82) is 0 Å². The Bertz CT molecular complexity index is 1090. The molecule has 0 aliphatic heterocycles. The average Bonchev–Trinajstić information content (AvgIpc) is 3.20. The van der Waals surface area contributed by atoms with Crippen LogP contribution >= 0.6 is 11.3 Å². The number of hydrogen-bond acceptors (Lipinski definition) is 7. The van der Waals surface area contributed by atoms with Gasteiger partial charge in [-0.15, -0.1) is 11.3 Å². The zero-order chi connectivity index (χ0) is 19.6. The Morgan fingerprint density at radius 2 is 2.07 bits per heavy atom. The van der Waals surface area contributed by atoms with E-state index in [4.69, 9.17) is 0 Å². The van der Waals surface area contributed by atoms with Gasteiger partial charge < -0.3 is 0 Å². The second-order valence-corrected chi connectivity index (χ2v) is 8.47. The Hall–Kier alpha value is -2.63. The molecule has 1 N–H and O–H groups in total. The van der Waals surface area contributed by atoms with Crippen molar-refractivity contribution in [1.82, 2.24) is 19.5 Å². The molecule has 3 rings (SSSR count). The van der Waals surface area contributed by atoms with E-state index in [-0.39, 0.29) is 17.1 Å². The fourth-order valence-corrected chi connectivity index (χ4v) is 4.43. The van der Waals surface area contributed by atoms with Crippen LogP contribution in [-0.4, -0.2) is 34.7 Å². The Balaban J connectivity index is 1.65. The Labute approximate surface area is 159 Å². The summed E-state index contributed by atoms with van der Waals surface area (Å²) in [6.45, 7) is 3.97. The van der Waals surface area contributed by atoms with E-state index in [2.05, 4.69) is 14.8 Å². The molecule has 0 saturated carbocycles. The van der Waals surface area contributed by atoms with E-state index in [0.29, 0.717) is 6.42 Å². The van der Waals surface area contributed by atoms with Crippen LogP contribution in [0.3, 0.4) is 0 Å². The van der Waals surface area contributed by atoms with Gasteiger partial charge in [-0.1, -0.05) is 6.07 Å². The number of nitrogens with zero attached hydrogens (tertiary/aromatic N) is 4. The normalized spacial score (nSPS) is 11.6. The van der Waals surface area contributed by atoms with Gasteiger partial charge in [-0.25, -0.2) is 22.8 Å². The fourth-order valence-electron chi connectivity index (χ4n) is 2.49. The van der Waals surface area contributed by atoms with Crippen molar-refractivity contribution in [2.75, 3.05) is 6.54 Å². The van der Waals surface area contributed by atoms with Crippen LogP contribution < -0.4 is 4.72 Å². The highest BCUT2D eigenvalue weighted by Crippen LogP contribution is 2.19. The molecule has 3 aromatic rings. The quantitative estimate of drug-likeness (QED) is 0.474. The van der Waals surface area contributed by atoms with Gasteiger partial charge in [0.2, 0.25) is 15.2 Å². The molecule has 0 radical (unpaired) electrons. The molecule has 2 aromatic heterocycles. The lowest BCUT2D eigenvalue weighted by Gasteiger charge is -2.05. The van der Waals surface area contributed by atoms with E-state index in [0.717, 1.165) is 28.3 Å². The number of aryl methyl sites for hydroxylation is 2. The van der Waals surface area contributed by atoms with Gasteiger partial charge in [0.25, 0.3) is 5.69 Å². The van der Waals surface area contributed by atoms with Crippen LogP contribution in [0.25, 0.3) is 5.13 Å². The topological polar surface area (TPSA) is 120 Å². The number of benzene rings is 1. The minimum Gasteiger partial charge on any atom is -0.258 e. The first-order valence-electron chi connectivity index (χ1n) is 7.98. The Morgan fingerprint density at radius 1 is 1.30 bits per heavy atom. The van der Waals surface area contributed by atoms with Crippen LogP contribution in [0.5, 0.6) is 0 Å². The van der Waals surface area contributed by atoms with Crippen LogP contribution in [-0.2, 0) is 16.4 Å². The summed E-state index contributed by atoms with van der Waals surface area (Å²) in [6.07, 6.45) is 0.393. The number of nitro benzene ring substituents is 1. The number of nitrogens with one attached hydrogen (secondary N) is 1. The second-order valence-electron chi connectivity index (χ2n) is 5.86. The van der Waals surface area contributed by atoms with Crippen LogP contribution in [0, 0.1) is 24.0 Å². The fraction of sp³-hybridized carbons (Fsp3) is 0.250. The number of sulfonamides is 1. The molecule has 0 aliphatic rings. The largest absolute Gasteiger partial charge is 0.270 e. The van der Waals surface area contributed by atoms with Crippen LogP contribution in [0.4, 0.5) is 5.69 Å². The van der Waals surface area contributed by atoms with Crippen molar-refractivity contribution < 1.29 is 13.3 Å². The van der Waals surface area contributed by atoms with Crippen molar-refractivity contribution in [2.24, 2.45) is 0 Å². The highest BCUT2D eigenvalue weighted by atomic mass is 32.2. The lowest BCUT2D eigenvalue weighted by atomic mass is 10.3. The first kappa shape index (κ1) is 19.1. The average molecular weight is 407 g/mol. The number of non-ortho nitro benzene ring substituents is 1. The van der Waals surface area contributed by atoms with Crippen LogP contribution in [0.15, 0.2) is 40.6 Å². The van der Waals surface area contributed by atoms with Crippen LogP contribution in [0.1, 0.15) is 17.1 Å². The maximum atomic E-state index is 12.3. The predicted molar refractivity (Wildman–Crippen MR) is 101 cm³/mol. The van der Waals surface area contributed by atoms with Crippen molar-refractivity contribution >= 4 is 27.0 Å². The van der Waals surface area contributed by atoms with Gasteiger partial charge in [0.1, 0.15) is 0 Å². The second kappa shape index (κ2) is 7.55. The molecule has 142 valence electrons. The zero-order valence-electron chi connectivity index (χ0n) is 14.6. The summed E-state index contributed by atoms with van der Waals surface area (Å²) in [7, 11) is -3.83. The van der Waals surface area contributed by atoms with Crippen molar-refractivity contribution in [3.05, 3.63) is 62.9 Å². The molecule has 1 aromatic carbocycles. The minimum absolute atomic E-state index is 0.130. The molecule has 2 heterocycles. The standard InChI is InChI=1S/C16H17N5O4S2/c1-11-8-12(2)20(19-11)16-18-13(10-26-16)6-7-17-27(24,25)15-5-3-4-14(9-15)21(22)23/h3-5,8-10,17H,6-7H2,1-2H3. The number of nitro groups is 1. The van der Waals surface area contributed by atoms with Crippen molar-refractivity contribution in [3.63, 3.8) is 0 Å². The summed E-state index contributed by atoms with van der Waals surface area (Å²) in [5.74, 6) is 0. The molecule has 11 heteroatoms. The number of hydrogen-bond donors (Lipinski definition) is 1. The Morgan fingerprint density at radius 3 is 2.74 bits per heavy atom. The summed E-state index contributed by atoms with van der Waals surface area (Å²) >= 11 is 1.43. The highest BCUT2D eigenvalue weighted by Gasteiger charge is 2.17. The first-order valence-corrected chi connectivity index (χ1v) is 10.3. The molecule has 0 spiro atoms. The monoisotopic (exact) mass is 407 g/mol. The molecule has 0 saturated heterocycles. The van der Waals surface area contributed by atoms with Crippen molar-refractivity contribution in [3.8, 4) is 5.13 Å². The third kappa shape index (κ3) is 4.38. The minimum atomic E-state index is -3.83. The van der Waals surface area contributed by atoms with Crippen LogP contribution in [0.2, 0.25) is 0 Å². The molecule has 0 aliphatic carbocycles. The van der Waals surface area contributed by atoms with Gasteiger partial charge in [0.05, 0.1) is 21.2 Å². The number of rotatable bonds is 7. The molecule has 9 nitrogen and oxygen atoms in total. The first-order chi connectivity index (χ1) is 12.8. The van der Waals surface area contributed by atoms with Gasteiger partial charge in [0, 0.05) is 36.2 Å². The lowest BCUT2D eigenvalue weighted by Crippen LogP contribution is -2.26. The molecular weight excluding hydrogens is 390 g/mol. The van der Waals surface area contributed by atoms with E-state index in [1.54, 1.807) is 4.68 Å². The predicted octanol–water partition coefficient (Wildman–Crippen LogP) is 2.37. The SMILES string of the molecule is Cc1cc(C)n(-c2nc(CCNS(=O)(=O)c3cccc([N+](=O)[O-])c3)cs2)n1. The maximum Gasteiger partial charge on any atom is 0.270 e. The van der Waals surface area contributed by atoms with Gasteiger partial charge >= 0.3 is 0 Å². The summed E-state index contributed by atoms with van der Waals surface area (Å²) < 4.78 is 28.8. The third-order valence-corrected chi connectivity index (χ3v) is 6.07. The van der Waals surface area contributed by atoms with Crippen molar-refractivity contribution in [2.45, 2.75) is 25.2 Å². The van der Waals surface area contributed by atoms with E-state index in [1.807, 2.05) is 25.3 Å². The summed E-state index contributed by atoms with van der Waals surface area (Å²) in [5, 5.41) is 17.7. The lowest BCUT2D eigenvalue weighted by molar-refractivity contribution is -0.385. The summed E-state index contributed by atoms with van der Waals surface area (Å²) in [6, 6.07) is 6.89. The molecule has 27 heavy (non-hydrogen) atoms. The molecule has 0 amide bonds. The summed E-state index contributed by atoms with van der Waals surface area (Å²) in [4.78, 5) is 14.5. The Kier molecular flexibility index (Phi) is 5.35. The third-order valence-electron chi connectivity index (χ3n) is 3.74. The van der Waals surface area contributed by atoms with E-state index in [9.17, 15) is 18.5 Å². The zero-order valence-corrected chi connectivity index (χ0v) is 16.2. The van der Waals surface area contributed by atoms with E-state index < -0.39 is 14.9 Å². The molecule has 0 bridgehead atoms. The molecule has 0 unspecified atom stereocenters. The van der Waals surface area contributed by atoms with Gasteiger partial charge in [-0.3, -0.25) is 10.1 Å². The number of thiazole rings is 1. The van der Waals surface area contributed by atoms with Gasteiger partial charge in [-0.2, -0.15) is 5.10 Å². The van der Waals surface area contributed by atoms with Gasteiger partial charge in [0.15, 0.2) is 0 Å². The highest BCUT2D eigenvalue weighted by molar-refractivity contribution is 7.89. The summed E-state index contributed by atoms with van der Waals surface area (Å²) in [5.41, 5.74) is 2.34. The van der Waals surface area contributed by atoms with E-state index in [1.165, 1.54) is 29.5 Å². The smallest absolute Gasteiger partial charge is 0.258 e. The van der Waals surface area contributed by atoms with E-state index >= 15 is 0 Å². The maximum absolute atomic E-state index is 12.3. The molecular formula is C16H17N5O4S2. The van der Waals surface area contributed by atoms with Gasteiger partial charge in [-0.05, 0) is 26.0 Å². The molecule has 0 atom stereocenters.